The monoisotopic (exact) mass is 423 g/mol. The van der Waals surface area contributed by atoms with E-state index in [1.807, 2.05) is 6.07 Å². The van der Waals surface area contributed by atoms with Crippen LogP contribution in [0.1, 0.15) is 9.67 Å². The molecular weight excluding hydrogens is 406 g/mol. The fourth-order valence-corrected chi connectivity index (χ4v) is 3.98. The predicted octanol–water partition coefficient (Wildman–Crippen LogP) is 1.72. The minimum absolute atomic E-state index is 0.0416. The molecule has 3 heterocycles. The van der Waals surface area contributed by atoms with Gasteiger partial charge >= 0.3 is 0 Å². The Hall–Kier alpha value is -2.00. The zero-order valence-corrected chi connectivity index (χ0v) is 16.2. The van der Waals surface area contributed by atoms with Gasteiger partial charge in [-0.15, -0.1) is 11.3 Å². The van der Waals surface area contributed by atoms with Crippen LogP contribution >= 0.6 is 27.3 Å². The lowest BCUT2D eigenvalue weighted by Crippen LogP contribution is -2.51. The second kappa shape index (κ2) is 7.92. The molecule has 7 nitrogen and oxygen atoms in total. The second-order valence-electron chi connectivity index (χ2n) is 5.68. The standard InChI is InChI=1S/C16H18BrN5O2S/c1-20(15(24)12-3-4-13(17)25-12)11-14(23)21-7-9-22(10-8-21)16-18-5-2-6-19-16/h2-6H,7-11H2,1H3. The van der Waals surface area contributed by atoms with Crippen LogP contribution in [-0.2, 0) is 4.79 Å². The Kier molecular flexibility index (Phi) is 5.64. The van der Waals surface area contributed by atoms with E-state index in [1.165, 1.54) is 16.2 Å². The molecule has 1 fully saturated rings. The maximum Gasteiger partial charge on any atom is 0.264 e. The highest BCUT2D eigenvalue weighted by Crippen LogP contribution is 2.23. The lowest BCUT2D eigenvalue weighted by Gasteiger charge is -2.35. The van der Waals surface area contributed by atoms with Crippen LogP contribution in [0.25, 0.3) is 0 Å². The van der Waals surface area contributed by atoms with Crippen LogP contribution in [0.5, 0.6) is 0 Å². The van der Waals surface area contributed by atoms with Gasteiger partial charge < -0.3 is 14.7 Å². The number of hydrogen-bond acceptors (Lipinski definition) is 6. The molecule has 0 N–H and O–H groups in total. The lowest BCUT2D eigenvalue weighted by atomic mass is 10.3. The van der Waals surface area contributed by atoms with Crippen molar-refractivity contribution in [1.82, 2.24) is 19.8 Å². The van der Waals surface area contributed by atoms with E-state index in [2.05, 4.69) is 30.8 Å². The molecular formula is C16H18BrN5O2S. The topological polar surface area (TPSA) is 69.6 Å². The number of anilines is 1. The summed E-state index contributed by atoms with van der Waals surface area (Å²) in [6, 6.07) is 5.37. The average Bonchev–Trinajstić information content (AvgIpc) is 3.08. The van der Waals surface area contributed by atoms with Gasteiger partial charge in [0.2, 0.25) is 11.9 Å². The number of amides is 2. The van der Waals surface area contributed by atoms with Crippen molar-refractivity contribution in [3.63, 3.8) is 0 Å². The number of hydrogen-bond donors (Lipinski definition) is 0. The quantitative estimate of drug-likeness (QED) is 0.748. The van der Waals surface area contributed by atoms with Crippen molar-refractivity contribution in [2.45, 2.75) is 0 Å². The Bertz CT molecular complexity index is 746. The third kappa shape index (κ3) is 4.35. The van der Waals surface area contributed by atoms with Gasteiger partial charge in [0.1, 0.15) is 0 Å². The average molecular weight is 424 g/mol. The van der Waals surface area contributed by atoms with Gasteiger partial charge in [-0.1, -0.05) is 0 Å². The first-order chi connectivity index (χ1) is 12.0. The Morgan fingerprint density at radius 2 is 1.88 bits per heavy atom. The van der Waals surface area contributed by atoms with E-state index >= 15 is 0 Å². The third-order valence-corrected chi connectivity index (χ3v) is 5.58. The van der Waals surface area contributed by atoms with Gasteiger partial charge in [-0.05, 0) is 34.1 Å². The fraction of sp³-hybridized carbons (Fsp3) is 0.375. The maximum absolute atomic E-state index is 12.5. The van der Waals surface area contributed by atoms with Crippen molar-refractivity contribution in [2.75, 3.05) is 44.7 Å². The van der Waals surface area contributed by atoms with Crippen LogP contribution in [0.15, 0.2) is 34.4 Å². The number of carbonyl (C=O) groups excluding carboxylic acids is 2. The minimum atomic E-state index is -0.139. The van der Waals surface area contributed by atoms with E-state index in [0.717, 1.165) is 3.79 Å². The molecule has 0 radical (unpaired) electrons. The number of rotatable bonds is 4. The molecule has 0 atom stereocenters. The number of piperazine rings is 1. The van der Waals surface area contributed by atoms with Crippen molar-refractivity contribution in [3.05, 3.63) is 39.3 Å². The van der Waals surface area contributed by atoms with Crippen molar-refractivity contribution in [1.29, 1.82) is 0 Å². The van der Waals surface area contributed by atoms with Gasteiger partial charge in [0.05, 0.1) is 15.2 Å². The molecule has 1 aliphatic rings. The van der Waals surface area contributed by atoms with E-state index in [0.29, 0.717) is 37.0 Å². The minimum Gasteiger partial charge on any atom is -0.338 e. The first-order valence-electron chi connectivity index (χ1n) is 7.85. The third-order valence-electron chi connectivity index (χ3n) is 3.97. The molecule has 0 bridgehead atoms. The molecule has 0 aliphatic carbocycles. The number of nitrogens with zero attached hydrogens (tertiary/aromatic N) is 5. The van der Waals surface area contributed by atoms with Crippen LogP contribution in [0.3, 0.4) is 0 Å². The molecule has 0 saturated carbocycles. The molecule has 132 valence electrons. The molecule has 2 amide bonds. The summed E-state index contributed by atoms with van der Waals surface area (Å²) in [5.41, 5.74) is 0. The highest BCUT2D eigenvalue weighted by molar-refractivity contribution is 9.11. The molecule has 1 aliphatic heterocycles. The predicted molar refractivity (Wildman–Crippen MR) is 99.8 cm³/mol. The van der Waals surface area contributed by atoms with Gasteiger partial charge in [0, 0.05) is 45.6 Å². The summed E-state index contributed by atoms with van der Waals surface area (Å²) in [4.78, 5) is 39.2. The Balaban J connectivity index is 1.51. The van der Waals surface area contributed by atoms with Gasteiger partial charge in [0.25, 0.3) is 5.91 Å². The summed E-state index contributed by atoms with van der Waals surface area (Å²) >= 11 is 4.71. The Morgan fingerprint density at radius 3 is 2.48 bits per heavy atom. The van der Waals surface area contributed by atoms with Gasteiger partial charge in [-0.25, -0.2) is 9.97 Å². The number of carbonyl (C=O) groups is 2. The molecule has 25 heavy (non-hydrogen) atoms. The number of likely N-dealkylation sites (N-methyl/N-ethyl adjacent to an activating group) is 1. The first-order valence-corrected chi connectivity index (χ1v) is 9.46. The smallest absolute Gasteiger partial charge is 0.264 e. The van der Waals surface area contributed by atoms with E-state index in [4.69, 9.17) is 0 Å². The van der Waals surface area contributed by atoms with Crippen molar-refractivity contribution in [3.8, 4) is 0 Å². The largest absolute Gasteiger partial charge is 0.338 e. The zero-order valence-electron chi connectivity index (χ0n) is 13.8. The number of thiophene rings is 1. The number of aromatic nitrogens is 2. The molecule has 2 aromatic heterocycles. The van der Waals surface area contributed by atoms with E-state index in [1.54, 1.807) is 36.5 Å². The van der Waals surface area contributed by atoms with Crippen LogP contribution in [0.2, 0.25) is 0 Å². The van der Waals surface area contributed by atoms with Crippen LogP contribution in [0, 0.1) is 0 Å². The maximum atomic E-state index is 12.5. The van der Waals surface area contributed by atoms with E-state index < -0.39 is 0 Å². The lowest BCUT2D eigenvalue weighted by molar-refractivity contribution is -0.131. The van der Waals surface area contributed by atoms with E-state index in [-0.39, 0.29) is 18.4 Å². The second-order valence-corrected chi connectivity index (χ2v) is 8.14. The van der Waals surface area contributed by atoms with Gasteiger partial charge in [0.15, 0.2) is 0 Å². The molecule has 0 aromatic carbocycles. The molecule has 1 saturated heterocycles. The molecule has 9 heteroatoms. The molecule has 3 rings (SSSR count). The van der Waals surface area contributed by atoms with Crippen molar-refractivity contribution >= 4 is 45.0 Å². The van der Waals surface area contributed by atoms with E-state index in [9.17, 15) is 9.59 Å². The zero-order chi connectivity index (χ0) is 17.8. The normalized spacial score (nSPS) is 14.5. The molecule has 0 unspecified atom stereocenters. The van der Waals surface area contributed by atoms with Crippen LogP contribution < -0.4 is 4.90 Å². The van der Waals surface area contributed by atoms with Crippen molar-refractivity contribution < 1.29 is 9.59 Å². The fourth-order valence-electron chi connectivity index (χ4n) is 2.60. The number of halogens is 1. The summed E-state index contributed by atoms with van der Waals surface area (Å²) in [6.45, 7) is 2.65. The summed E-state index contributed by atoms with van der Waals surface area (Å²) < 4.78 is 0.898. The van der Waals surface area contributed by atoms with Crippen molar-refractivity contribution in [2.24, 2.45) is 0 Å². The van der Waals surface area contributed by atoms with Crippen LogP contribution in [0.4, 0.5) is 5.95 Å². The Labute approximate surface area is 158 Å². The SMILES string of the molecule is CN(CC(=O)N1CCN(c2ncccn2)CC1)C(=O)c1ccc(Br)s1. The summed E-state index contributed by atoms with van der Waals surface area (Å²) in [6.07, 6.45) is 3.42. The summed E-state index contributed by atoms with van der Waals surface area (Å²) in [5.74, 6) is 0.505. The molecule has 0 spiro atoms. The van der Waals surface area contributed by atoms with Gasteiger partial charge in [-0.2, -0.15) is 0 Å². The summed E-state index contributed by atoms with van der Waals surface area (Å²) in [5, 5.41) is 0. The highest BCUT2D eigenvalue weighted by Gasteiger charge is 2.24. The molecule has 2 aromatic rings. The van der Waals surface area contributed by atoms with Gasteiger partial charge in [-0.3, -0.25) is 9.59 Å². The Morgan fingerprint density at radius 1 is 1.20 bits per heavy atom. The summed E-state index contributed by atoms with van der Waals surface area (Å²) in [7, 11) is 1.65. The van der Waals surface area contributed by atoms with Crippen LogP contribution in [-0.4, -0.2) is 71.4 Å². The first kappa shape index (κ1) is 17.8. The highest BCUT2D eigenvalue weighted by atomic mass is 79.9.